The van der Waals surface area contributed by atoms with Gasteiger partial charge >= 0.3 is 5.97 Å². The van der Waals surface area contributed by atoms with Crippen LogP contribution in [0.5, 0.6) is 5.75 Å². The Balaban J connectivity index is 1.97. The summed E-state index contributed by atoms with van der Waals surface area (Å²) in [6.07, 6.45) is 0.224. The number of carboxylic acids is 1. The number of rotatable bonds is 7. The molecular formula is C18H19FN2O4. The van der Waals surface area contributed by atoms with Gasteiger partial charge < -0.3 is 21.3 Å². The maximum atomic E-state index is 12.9. The van der Waals surface area contributed by atoms with Gasteiger partial charge in [-0.1, -0.05) is 24.3 Å². The molecule has 0 heterocycles. The number of carboxylic acid groups (broad SMARTS) is 1. The topological polar surface area (TPSA) is 113 Å². The summed E-state index contributed by atoms with van der Waals surface area (Å²) in [6.45, 7) is 0. The average molecular weight is 346 g/mol. The summed E-state index contributed by atoms with van der Waals surface area (Å²) >= 11 is 0. The van der Waals surface area contributed by atoms with Gasteiger partial charge in [0.05, 0.1) is 6.04 Å². The van der Waals surface area contributed by atoms with Crippen LogP contribution in [0, 0.1) is 5.82 Å². The molecule has 0 spiro atoms. The predicted octanol–water partition coefficient (Wildman–Crippen LogP) is 1.21. The molecule has 5 N–H and O–H groups in total. The number of amides is 1. The summed E-state index contributed by atoms with van der Waals surface area (Å²) in [6, 6.07) is 9.53. The van der Waals surface area contributed by atoms with Crippen LogP contribution >= 0.6 is 0 Å². The van der Waals surface area contributed by atoms with Gasteiger partial charge in [0.2, 0.25) is 5.91 Å². The van der Waals surface area contributed by atoms with Gasteiger partial charge in [-0.3, -0.25) is 4.79 Å². The van der Waals surface area contributed by atoms with Gasteiger partial charge in [-0.25, -0.2) is 9.18 Å². The monoisotopic (exact) mass is 346 g/mol. The zero-order valence-corrected chi connectivity index (χ0v) is 13.4. The quantitative estimate of drug-likeness (QED) is 0.602. The van der Waals surface area contributed by atoms with Crippen molar-refractivity contribution in [2.45, 2.75) is 24.9 Å². The predicted molar refractivity (Wildman–Crippen MR) is 89.5 cm³/mol. The molecule has 7 heteroatoms. The minimum Gasteiger partial charge on any atom is -0.508 e. The van der Waals surface area contributed by atoms with E-state index in [1.165, 1.54) is 36.4 Å². The number of nitrogens with two attached hydrogens (primary N) is 1. The van der Waals surface area contributed by atoms with Crippen LogP contribution in [0.1, 0.15) is 11.1 Å². The Labute approximate surface area is 144 Å². The Morgan fingerprint density at radius 1 is 1.00 bits per heavy atom. The van der Waals surface area contributed by atoms with Crippen molar-refractivity contribution in [1.29, 1.82) is 0 Å². The number of halogens is 1. The maximum absolute atomic E-state index is 12.9. The highest BCUT2D eigenvalue weighted by atomic mass is 19.1. The first-order valence-corrected chi connectivity index (χ1v) is 7.66. The Morgan fingerprint density at radius 3 is 2.08 bits per heavy atom. The van der Waals surface area contributed by atoms with Gasteiger partial charge in [0.15, 0.2) is 0 Å². The summed E-state index contributed by atoms with van der Waals surface area (Å²) in [5, 5.41) is 20.9. The first kappa shape index (κ1) is 18.4. The largest absolute Gasteiger partial charge is 0.508 e. The lowest BCUT2D eigenvalue weighted by molar-refractivity contribution is -0.141. The molecule has 0 aliphatic heterocycles. The lowest BCUT2D eigenvalue weighted by Crippen LogP contribution is -2.50. The molecule has 0 fully saturated rings. The van der Waals surface area contributed by atoms with E-state index in [4.69, 9.17) is 5.73 Å². The standard InChI is InChI=1S/C18H19FN2O4/c19-13-5-1-12(2-6-13)10-16(18(24)25)21-17(23)15(20)9-11-3-7-14(22)8-4-11/h1-8,15-16,22H,9-10,20H2,(H,21,23)(H,24,25). The zero-order chi connectivity index (χ0) is 18.4. The second kappa shape index (κ2) is 8.25. The number of aromatic hydroxyl groups is 1. The van der Waals surface area contributed by atoms with Crippen LogP contribution in [0.3, 0.4) is 0 Å². The summed E-state index contributed by atoms with van der Waals surface area (Å²) in [4.78, 5) is 23.5. The molecule has 2 atom stereocenters. The molecular weight excluding hydrogens is 327 g/mol. The fourth-order valence-corrected chi connectivity index (χ4v) is 2.31. The zero-order valence-electron chi connectivity index (χ0n) is 13.4. The Morgan fingerprint density at radius 2 is 1.52 bits per heavy atom. The van der Waals surface area contributed by atoms with Crippen LogP contribution in [-0.2, 0) is 22.4 Å². The van der Waals surface area contributed by atoms with Crippen LogP contribution in [-0.4, -0.2) is 34.2 Å². The van der Waals surface area contributed by atoms with E-state index in [1.807, 2.05) is 0 Å². The highest BCUT2D eigenvalue weighted by Crippen LogP contribution is 2.11. The van der Waals surface area contributed by atoms with Crippen molar-refractivity contribution >= 4 is 11.9 Å². The third-order valence-electron chi connectivity index (χ3n) is 3.70. The molecule has 2 rings (SSSR count). The summed E-state index contributed by atoms with van der Waals surface area (Å²) < 4.78 is 12.9. The van der Waals surface area contributed by atoms with E-state index < -0.39 is 29.8 Å². The fourth-order valence-electron chi connectivity index (χ4n) is 2.31. The van der Waals surface area contributed by atoms with Gasteiger partial charge in [-0.2, -0.15) is 0 Å². The summed E-state index contributed by atoms with van der Waals surface area (Å²) in [5.74, 6) is -2.11. The molecule has 0 saturated carbocycles. The van der Waals surface area contributed by atoms with Crippen molar-refractivity contribution in [1.82, 2.24) is 5.32 Å². The van der Waals surface area contributed by atoms with Crippen molar-refractivity contribution in [3.63, 3.8) is 0 Å². The average Bonchev–Trinajstić information content (AvgIpc) is 2.58. The van der Waals surface area contributed by atoms with Crippen LogP contribution in [0.4, 0.5) is 4.39 Å². The molecule has 0 aliphatic carbocycles. The van der Waals surface area contributed by atoms with Gasteiger partial charge in [-0.15, -0.1) is 0 Å². The van der Waals surface area contributed by atoms with E-state index in [9.17, 15) is 24.2 Å². The van der Waals surface area contributed by atoms with E-state index in [0.29, 0.717) is 5.56 Å². The highest BCUT2D eigenvalue weighted by molar-refractivity contribution is 5.87. The number of carbonyl (C=O) groups excluding carboxylic acids is 1. The molecule has 2 aromatic carbocycles. The minimum absolute atomic E-state index is 0.0211. The number of hydrogen-bond donors (Lipinski definition) is 4. The van der Waals surface area contributed by atoms with E-state index in [1.54, 1.807) is 12.1 Å². The highest BCUT2D eigenvalue weighted by Gasteiger charge is 2.23. The molecule has 2 unspecified atom stereocenters. The number of nitrogens with one attached hydrogen (secondary N) is 1. The normalized spacial score (nSPS) is 13.0. The Kier molecular flexibility index (Phi) is 6.08. The summed E-state index contributed by atoms with van der Waals surface area (Å²) in [7, 11) is 0. The molecule has 6 nitrogen and oxygen atoms in total. The van der Waals surface area contributed by atoms with E-state index in [0.717, 1.165) is 5.56 Å². The van der Waals surface area contributed by atoms with Gasteiger partial charge in [0, 0.05) is 6.42 Å². The smallest absolute Gasteiger partial charge is 0.326 e. The number of phenols is 1. The van der Waals surface area contributed by atoms with Crippen LogP contribution < -0.4 is 11.1 Å². The van der Waals surface area contributed by atoms with Crippen molar-refractivity contribution in [3.05, 3.63) is 65.5 Å². The molecule has 0 radical (unpaired) electrons. The lowest BCUT2D eigenvalue weighted by atomic mass is 10.0. The molecule has 2 aromatic rings. The van der Waals surface area contributed by atoms with Crippen LogP contribution in [0.15, 0.2) is 48.5 Å². The fraction of sp³-hybridized carbons (Fsp3) is 0.222. The summed E-state index contributed by atoms with van der Waals surface area (Å²) in [5.41, 5.74) is 7.16. The van der Waals surface area contributed by atoms with Crippen LogP contribution in [0.25, 0.3) is 0 Å². The number of carbonyl (C=O) groups is 2. The second-order valence-electron chi connectivity index (χ2n) is 5.71. The molecule has 1 amide bonds. The Hall–Kier alpha value is -2.93. The number of phenolic OH excluding ortho intramolecular Hbond substituents is 1. The number of aliphatic carboxylic acids is 1. The second-order valence-corrected chi connectivity index (χ2v) is 5.71. The molecule has 0 aromatic heterocycles. The molecule has 0 saturated heterocycles. The minimum atomic E-state index is -1.20. The van der Waals surface area contributed by atoms with Gasteiger partial charge in [-0.05, 0) is 41.8 Å². The third-order valence-corrected chi connectivity index (χ3v) is 3.70. The van der Waals surface area contributed by atoms with Gasteiger partial charge in [0.1, 0.15) is 17.6 Å². The number of hydrogen-bond acceptors (Lipinski definition) is 4. The van der Waals surface area contributed by atoms with Crippen molar-refractivity contribution in [2.75, 3.05) is 0 Å². The SMILES string of the molecule is NC(Cc1ccc(O)cc1)C(=O)NC(Cc1ccc(F)cc1)C(=O)O. The van der Waals surface area contributed by atoms with Gasteiger partial charge in [0.25, 0.3) is 0 Å². The third kappa shape index (κ3) is 5.58. The first-order chi connectivity index (χ1) is 11.8. The molecule has 25 heavy (non-hydrogen) atoms. The molecule has 0 aliphatic rings. The molecule has 132 valence electrons. The van der Waals surface area contributed by atoms with Crippen LogP contribution in [0.2, 0.25) is 0 Å². The van der Waals surface area contributed by atoms with E-state index >= 15 is 0 Å². The maximum Gasteiger partial charge on any atom is 0.326 e. The molecule has 0 bridgehead atoms. The van der Waals surface area contributed by atoms with Crippen molar-refractivity contribution in [3.8, 4) is 5.75 Å². The van der Waals surface area contributed by atoms with E-state index in [2.05, 4.69) is 5.32 Å². The van der Waals surface area contributed by atoms with E-state index in [-0.39, 0.29) is 18.6 Å². The number of benzene rings is 2. The van der Waals surface area contributed by atoms with Crippen molar-refractivity contribution in [2.24, 2.45) is 5.73 Å². The Bertz CT molecular complexity index is 732. The lowest BCUT2D eigenvalue weighted by Gasteiger charge is -2.18. The first-order valence-electron chi connectivity index (χ1n) is 7.66. The van der Waals surface area contributed by atoms with Crippen molar-refractivity contribution < 1.29 is 24.2 Å².